The van der Waals surface area contributed by atoms with Crippen LogP contribution in [0.25, 0.3) is 0 Å². The van der Waals surface area contributed by atoms with Crippen LogP contribution in [0, 0.1) is 0 Å². The number of nitrogens with one attached hydrogen (secondary N) is 1. The minimum absolute atomic E-state index is 0.462. The fraction of sp³-hybridized carbons (Fsp3) is 0.353. The van der Waals surface area contributed by atoms with Gasteiger partial charge in [0.05, 0.1) is 0 Å². The van der Waals surface area contributed by atoms with Gasteiger partial charge in [0, 0.05) is 28.6 Å². The number of hydrogen-bond donors (Lipinski definition) is 1. The van der Waals surface area contributed by atoms with Gasteiger partial charge >= 0.3 is 0 Å². The van der Waals surface area contributed by atoms with Crippen LogP contribution in [0.4, 0.5) is 0 Å². The second-order valence-corrected chi connectivity index (χ2v) is 6.49. The molecule has 0 saturated carbocycles. The summed E-state index contributed by atoms with van der Waals surface area (Å²) in [6.07, 6.45) is 6.06. The molecule has 0 saturated heterocycles. The summed E-state index contributed by atoms with van der Waals surface area (Å²) in [5, 5.41) is 4.29. The molecular formula is C17H20N2S. The average Bonchev–Trinajstić information content (AvgIpc) is 2.83. The molecule has 0 bridgehead atoms. The minimum Gasteiger partial charge on any atom is -0.309 e. The van der Waals surface area contributed by atoms with Crippen molar-refractivity contribution < 1.29 is 0 Å². The fourth-order valence-electron chi connectivity index (χ4n) is 2.80. The maximum Gasteiger partial charge on any atom is 0.0450 e. The average molecular weight is 284 g/mol. The highest BCUT2D eigenvalue weighted by molar-refractivity contribution is 8.00. The zero-order valence-electron chi connectivity index (χ0n) is 11.8. The fourth-order valence-corrected chi connectivity index (χ4v) is 4.07. The highest BCUT2D eigenvalue weighted by Crippen LogP contribution is 2.41. The molecule has 1 heterocycles. The highest BCUT2D eigenvalue weighted by Gasteiger charge is 2.32. The standard InChI is InChI=1S/C17H20N2S/c1-2-9-19-17-15-6-4-3-5-13(15)12-16(17)20-14-7-10-18-11-8-14/h3-8,10-11,16-17,19H,2,9,12H2,1H3. The SMILES string of the molecule is CCCNC1c2ccccc2CC1Sc1ccncc1. The first kappa shape index (κ1) is 13.7. The molecule has 2 nitrogen and oxygen atoms in total. The van der Waals surface area contributed by atoms with Crippen molar-refractivity contribution in [2.45, 2.75) is 36.0 Å². The molecule has 104 valence electrons. The Morgan fingerprint density at radius 2 is 2.00 bits per heavy atom. The van der Waals surface area contributed by atoms with Crippen LogP contribution in [0.1, 0.15) is 30.5 Å². The number of aromatic nitrogens is 1. The molecule has 2 aromatic rings. The zero-order valence-corrected chi connectivity index (χ0v) is 12.6. The monoisotopic (exact) mass is 284 g/mol. The Kier molecular flexibility index (Phi) is 4.38. The Morgan fingerprint density at radius 3 is 2.80 bits per heavy atom. The molecule has 20 heavy (non-hydrogen) atoms. The van der Waals surface area contributed by atoms with Crippen molar-refractivity contribution in [3.8, 4) is 0 Å². The van der Waals surface area contributed by atoms with Crippen molar-refractivity contribution in [2.24, 2.45) is 0 Å². The van der Waals surface area contributed by atoms with E-state index in [1.807, 2.05) is 24.2 Å². The maximum atomic E-state index is 4.10. The molecule has 0 amide bonds. The minimum atomic E-state index is 0.462. The quantitative estimate of drug-likeness (QED) is 0.903. The molecule has 3 rings (SSSR count). The predicted octanol–water partition coefficient (Wildman–Crippen LogP) is 3.84. The molecule has 1 N–H and O–H groups in total. The predicted molar refractivity (Wildman–Crippen MR) is 85.1 cm³/mol. The maximum absolute atomic E-state index is 4.10. The molecule has 0 spiro atoms. The topological polar surface area (TPSA) is 24.9 Å². The van der Waals surface area contributed by atoms with Crippen LogP contribution in [-0.2, 0) is 6.42 Å². The Labute approximate surface area is 125 Å². The summed E-state index contributed by atoms with van der Waals surface area (Å²) in [5.74, 6) is 0. The van der Waals surface area contributed by atoms with Crippen LogP contribution in [0.15, 0.2) is 53.7 Å². The van der Waals surface area contributed by atoms with Crippen LogP contribution >= 0.6 is 11.8 Å². The number of fused-ring (bicyclic) bond motifs is 1. The molecule has 2 unspecified atom stereocenters. The summed E-state index contributed by atoms with van der Waals surface area (Å²) in [6, 6.07) is 13.5. The lowest BCUT2D eigenvalue weighted by molar-refractivity contribution is 0.539. The van der Waals surface area contributed by atoms with Gasteiger partial charge in [0.1, 0.15) is 0 Å². The third-order valence-electron chi connectivity index (χ3n) is 3.73. The second-order valence-electron chi connectivity index (χ2n) is 5.17. The van der Waals surface area contributed by atoms with Gasteiger partial charge in [-0.2, -0.15) is 0 Å². The van der Waals surface area contributed by atoms with Crippen LogP contribution in [0.5, 0.6) is 0 Å². The van der Waals surface area contributed by atoms with Crippen molar-refractivity contribution in [1.82, 2.24) is 10.3 Å². The van der Waals surface area contributed by atoms with Crippen LogP contribution in [0.2, 0.25) is 0 Å². The lowest BCUT2D eigenvalue weighted by atomic mass is 10.1. The first-order chi connectivity index (χ1) is 9.88. The molecule has 1 aliphatic carbocycles. The number of rotatable bonds is 5. The third kappa shape index (κ3) is 2.89. The Balaban J connectivity index is 1.80. The molecule has 0 aliphatic heterocycles. The normalized spacial score (nSPS) is 20.9. The second kappa shape index (κ2) is 6.42. The summed E-state index contributed by atoms with van der Waals surface area (Å²) >= 11 is 1.96. The van der Waals surface area contributed by atoms with Crippen LogP contribution in [0.3, 0.4) is 0 Å². The highest BCUT2D eigenvalue weighted by atomic mass is 32.2. The number of pyridine rings is 1. The number of hydrogen-bond acceptors (Lipinski definition) is 3. The van der Waals surface area contributed by atoms with Crippen molar-refractivity contribution >= 4 is 11.8 Å². The van der Waals surface area contributed by atoms with Crippen LogP contribution in [-0.4, -0.2) is 16.8 Å². The van der Waals surface area contributed by atoms with Gasteiger partial charge < -0.3 is 5.32 Å². The molecule has 3 heteroatoms. The van der Waals surface area contributed by atoms with Crippen LogP contribution < -0.4 is 5.32 Å². The summed E-state index contributed by atoms with van der Waals surface area (Å²) in [4.78, 5) is 5.41. The summed E-state index contributed by atoms with van der Waals surface area (Å²) in [6.45, 7) is 3.30. The van der Waals surface area contributed by atoms with E-state index >= 15 is 0 Å². The number of thioether (sulfide) groups is 1. The molecule has 1 aromatic carbocycles. The van der Waals surface area contributed by atoms with E-state index in [1.54, 1.807) is 0 Å². The summed E-state index contributed by atoms with van der Waals surface area (Å²) < 4.78 is 0. The van der Waals surface area contributed by atoms with Gasteiger partial charge in [-0.15, -0.1) is 11.8 Å². The Bertz CT molecular complexity index is 556. The molecule has 2 atom stereocenters. The van der Waals surface area contributed by atoms with Gasteiger partial charge in [0.25, 0.3) is 0 Å². The third-order valence-corrected chi connectivity index (χ3v) is 5.02. The zero-order chi connectivity index (χ0) is 13.8. The van der Waals surface area contributed by atoms with E-state index in [-0.39, 0.29) is 0 Å². The summed E-state index contributed by atoms with van der Waals surface area (Å²) in [7, 11) is 0. The molecule has 0 fully saturated rings. The van der Waals surface area contributed by atoms with Crippen molar-refractivity contribution in [3.05, 3.63) is 59.9 Å². The van der Waals surface area contributed by atoms with Gasteiger partial charge in [0.15, 0.2) is 0 Å². The first-order valence-corrected chi connectivity index (χ1v) is 8.14. The van der Waals surface area contributed by atoms with Crippen molar-refractivity contribution in [2.75, 3.05) is 6.54 Å². The molecular weight excluding hydrogens is 264 g/mol. The smallest absolute Gasteiger partial charge is 0.0450 e. The van der Waals surface area contributed by atoms with E-state index in [9.17, 15) is 0 Å². The molecule has 1 aliphatic rings. The number of benzene rings is 1. The van der Waals surface area contributed by atoms with E-state index in [0.29, 0.717) is 11.3 Å². The lowest BCUT2D eigenvalue weighted by Gasteiger charge is -2.21. The first-order valence-electron chi connectivity index (χ1n) is 7.26. The summed E-state index contributed by atoms with van der Waals surface area (Å²) in [5.41, 5.74) is 2.97. The van der Waals surface area contributed by atoms with E-state index in [1.165, 1.54) is 22.4 Å². The van der Waals surface area contributed by atoms with Gasteiger partial charge in [-0.1, -0.05) is 31.2 Å². The van der Waals surface area contributed by atoms with Gasteiger partial charge in [-0.05, 0) is 42.6 Å². The Hall–Kier alpha value is -1.32. The van der Waals surface area contributed by atoms with Gasteiger partial charge in [-0.3, -0.25) is 4.98 Å². The van der Waals surface area contributed by atoms with E-state index < -0.39 is 0 Å². The van der Waals surface area contributed by atoms with Crippen molar-refractivity contribution in [3.63, 3.8) is 0 Å². The number of nitrogens with zero attached hydrogens (tertiary/aromatic N) is 1. The molecule has 0 radical (unpaired) electrons. The lowest BCUT2D eigenvalue weighted by Crippen LogP contribution is -2.27. The van der Waals surface area contributed by atoms with Gasteiger partial charge in [-0.25, -0.2) is 0 Å². The van der Waals surface area contributed by atoms with E-state index in [0.717, 1.165) is 13.0 Å². The Morgan fingerprint density at radius 1 is 1.20 bits per heavy atom. The van der Waals surface area contributed by atoms with E-state index in [4.69, 9.17) is 0 Å². The van der Waals surface area contributed by atoms with E-state index in [2.05, 4.69) is 53.6 Å². The largest absolute Gasteiger partial charge is 0.309 e. The van der Waals surface area contributed by atoms with Crippen molar-refractivity contribution in [1.29, 1.82) is 0 Å². The van der Waals surface area contributed by atoms with Gasteiger partial charge in [0.2, 0.25) is 0 Å². The molecule has 1 aromatic heterocycles.